The average Bonchev–Trinajstić information content (AvgIpc) is 3.24. The summed E-state index contributed by atoms with van der Waals surface area (Å²) in [5.74, 6) is -0.807. The smallest absolute Gasteiger partial charge is 0.287 e. The number of nitrogens with one attached hydrogen (secondary N) is 1. The summed E-state index contributed by atoms with van der Waals surface area (Å²) >= 11 is 0. The van der Waals surface area contributed by atoms with Crippen molar-refractivity contribution in [2.24, 2.45) is 0 Å². The summed E-state index contributed by atoms with van der Waals surface area (Å²) in [6.45, 7) is 1.01. The van der Waals surface area contributed by atoms with Gasteiger partial charge in [0.1, 0.15) is 0 Å². The van der Waals surface area contributed by atoms with Crippen LogP contribution in [0.15, 0.2) is 56.9 Å². The fourth-order valence-corrected chi connectivity index (χ4v) is 5.87. The molecule has 2 aromatic rings. The van der Waals surface area contributed by atoms with E-state index in [1.807, 2.05) is 0 Å². The summed E-state index contributed by atoms with van der Waals surface area (Å²) in [4.78, 5) is 12.4. The molecule has 3 rings (SSSR count). The first-order valence-corrected chi connectivity index (χ1v) is 12.6. The molecule has 0 unspecified atom stereocenters. The van der Waals surface area contributed by atoms with Gasteiger partial charge in [-0.3, -0.25) is 4.79 Å². The van der Waals surface area contributed by atoms with Crippen LogP contribution < -0.4 is 5.32 Å². The molecular weight excluding hydrogens is 416 g/mol. The van der Waals surface area contributed by atoms with Gasteiger partial charge >= 0.3 is 0 Å². The number of hydrogen-bond acceptors (Lipinski definition) is 6. The van der Waals surface area contributed by atoms with E-state index in [1.54, 1.807) is 18.2 Å². The summed E-state index contributed by atoms with van der Waals surface area (Å²) < 4.78 is 56.2. The monoisotopic (exact) mass is 440 g/mol. The molecule has 10 heteroatoms. The number of sulfone groups is 1. The molecule has 1 aliphatic rings. The van der Waals surface area contributed by atoms with E-state index in [1.165, 1.54) is 28.6 Å². The quantitative estimate of drug-likeness (QED) is 0.629. The van der Waals surface area contributed by atoms with Crippen molar-refractivity contribution in [1.82, 2.24) is 9.62 Å². The molecule has 0 radical (unpaired) electrons. The van der Waals surface area contributed by atoms with E-state index in [0.717, 1.165) is 19.3 Å². The van der Waals surface area contributed by atoms with Crippen LogP contribution in [0.2, 0.25) is 0 Å². The molecule has 1 fully saturated rings. The second kappa shape index (κ2) is 9.10. The minimum atomic E-state index is -3.74. The molecule has 0 spiro atoms. The van der Waals surface area contributed by atoms with Gasteiger partial charge in [0.05, 0.1) is 10.6 Å². The zero-order valence-corrected chi connectivity index (χ0v) is 17.5. The Hall–Kier alpha value is -2.17. The van der Waals surface area contributed by atoms with E-state index >= 15 is 0 Å². The third kappa shape index (κ3) is 5.26. The third-order valence-corrected chi connectivity index (χ3v) is 8.28. The van der Waals surface area contributed by atoms with E-state index in [9.17, 15) is 21.6 Å². The van der Waals surface area contributed by atoms with Crippen molar-refractivity contribution in [2.45, 2.75) is 35.7 Å². The highest BCUT2D eigenvalue weighted by atomic mass is 32.2. The van der Waals surface area contributed by atoms with Crippen molar-refractivity contribution in [1.29, 1.82) is 0 Å². The molecule has 1 amide bonds. The molecule has 1 aliphatic heterocycles. The van der Waals surface area contributed by atoms with Gasteiger partial charge in [-0.25, -0.2) is 16.8 Å². The molecule has 1 saturated heterocycles. The molecule has 29 heavy (non-hydrogen) atoms. The zero-order valence-electron chi connectivity index (χ0n) is 15.9. The van der Waals surface area contributed by atoms with Gasteiger partial charge in [0, 0.05) is 19.6 Å². The lowest BCUT2D eigenvalue weighted by molar-refractivity contribution is 0.0920. The number of carbonyl (C=O) groups is 1. The number of hydrogen-bond donors (Lipinski definition) is 1. The summed E-state index contributed by atoms with van der Waals surface area (Å²) in [5, 5.41) is 2.31. The standard InChI is InChI=1S/C19H24N2O6S2/c22-19(20-12-7-15-28(23,24)16-8-3-1-4-9-16)17-10-11-18(27-17)29(25,26)21-13-5-2-6-14-21/h1,3-4,8-11H,2,5-7,12-15H2,(H,20,22). The highest BCUT2D eigenvalue weighted by Gasteiger charge is 2.29. The lowest BCUT2D eigenvalue weighted by Gasteiger charge is -2.24. The molecule has 8 nitrogen and oxygen atoms in total. The lowest BCUT2D eigenvalue weighted by atomic mass is 10.2. The highest BCUT2D eigenvalue weighted by Crippen LogP contribution is 2.22. The molecule has 0 aliphatic carbocycles. The molecular formula is C19H24N2O6S2. The third-order valence-electron chi connectivity index (χ3n) is 4.69. The van der Waals surface area contributed by atoms with E-state index in [2.05, 4.69) is 5.32 Å². The molecule has 0 saturated carbocycles. The van der Waals surface area contributed by atoms with Crippen molar-refractivity contribution in [2.75, 3.05) is 25.4 Å². The predicted molar refractivity (Wildman–Crippen MR) is 107 cm³/mol. The van der Waals surface area contributed by atoms with E-state index in [4.69, 9.17) is 4.42 Å². The Kier molecular flexibility index (Phi) is 6.76. The number of sulfonamides is 1. The first-order valence-electron chi connectivity index (χ1n) is 9.47. The number of piperidine rings is 1. The number of rotatable bonds is 8. The van der Waals surface area contributed by atoms with Crippen LogP contribution in [0.3, 0.4) is 0 Å². The largest absolute Gasteiger partial charge is 0.438 e. The van der Waals surface area contributed by atoms with Gasteiger partial charge in [0.15, 0.2) is 15.6 Å². The maximum Gasteiger partial charge on any atom is 0.287 e. The fraction of sp³-hybridized carbons (Fsp3) is 0.421. The number of furan rings is 1. The molecule has 0 bridgehead atoms. The Labute approximate surface area is 170 Å². The molecule has 1 aromatic carbocycles. The lowest BCUT2D eigenvalue weighted by Crippen LogP contribution is -2.35. The number of amides is 1. The molecule has 0 atom stereocenters. The maximum atomic E-state index is 12.6. The first-order chi connectivity index (χ1) is 13.8. The number of nitrogens with zero attached hydrogens (tertiary/aromatic N) is 1. The topological polar surface area (TPSA) is 114 Å². The average molecular weight is 441 g/mol. The SMILES string of the molecule is O=C(NCCCS(=O)(=O)c1ccccc1)c1ccc(S(=O)(=O)N2CCCCC2)o1. The van der Waals surface area contributed by atoms with Crippen LogP contribution in [0.5, 0.6) is 0 Å². The molecule has 2 heterocycles. The van der Waals surface area contributed by atoms with Gasteiger partial charge in [0.2, 0.25) is 5.09 Å². The summed E-state index contributed by atoms with van der Waals surface area (Å²) in [5.41, 5.74) is 0. The van der Waals surface area contributed by atoms with Crippen molar-refractivity contribution >= 4 is 25.8 Å². The Bertz CT molecular complexity index is 1040. The van der Waals surface area contributed by atoms with Crippen molar-refractivity contribution < 1.29 is 26.0 Å². The summed E-state index contributed by atoms with van der Waals surface area (Å²) in [6.07, 6.45) is 2.83. The zero-order chi connectivity index (χ0) is 20.9. The predicted octanol–water partition coefficient (Wildman–Crippen LogP) is 2.05. The highest BCUT2D eigenvalue weighted by molar-refractivity contribution is 7.91. The van der Waals surface area contributed by atoms with Crippen molar-refractivity contribution in [3.63, 3.8) is 0 Å². The van der Waals surface area contributed by atoms with Gasteiger partial charge < -0.3 is 9.73 Å². The van der Waals surface area contributed by atoms with Crippen LogP contribution in [0.4, 0.5) is 0 Å². The number of benzene rings is 1. The minimum Gasteiger partial charge on any atom is -0.438 e. The van der Waals surface area contributed by atoms with Crippen LogP contribution in [0.25, 0.3) is 0 Å². The van der Waals surface area contributed by atoms with Crippen LogP contribution >= 0.6 is 0 Å². The second-order valence-corrected chi connectivity index (χ2v) is 10.8. The molecule has 158 valence electrons. The van der Waals surface area contributed by atoms with Gasteiger partial charge in [0.25, 0.3) is 15.9 Å². The number of carbonyl (C=O) groups excluding carboxylic acids is 1. The first kappa shape index (κ1) is 21.5. The van der Waals surface area contributed by atoms with Crippen LogP contribution in [-0.4, -0.2) is 52.4 Å². The van der Waals surface area contributed by atoms with Crippen molar-refractivity contribution in [3.8, 4) is 0 Å². The minimum absolute atomic E-state index is 0.107. The van der Waals surface area contributed by atoms with E-state index < -0.39 is 25.8 Å². The van der Waals surface area contributed by atoms with Gasteiger partial charge in [-0.1, -0.05) is 24.6 Å². The van der Waals surface area contributed by atoms with Gasteiger partial charge in [-0.15, -0.1) is 0 Å². The Morgan fingerprint density at radius 2 is 1.66 bits per heavy atom. The summed E-state index contributed by atoms with van der Waals surface area (Å²) in [7, 11) is -7.15. The summed E-state index contributed by atoms with van der Waals surface area (Å²) in [6, 6.07) is 10.7. The van der Waals surface area contributed by atoms with Gasteiger partial charge in [-0.05, 0) is 43.5 Å². The molecule has 1 aromatic heterocycles. The fourth-order valence-electron chi connectivity index (χ4n) is 3.11. The van der Waals surface area contributed by atoms with E-state index in [-0.39, 0.29) is 34.5 Å². The Morgan fingerprint density at radius 3 is 2.34 bits per heavy atom. The van der Waals surface area contributed by atoms with Crippen LogP contribution in [-0.2, 0) is 19.9 Å². The second-order valence-electron chi connectivity index (χ2n) is 6.82. The van der Waals surface area contributed by atoms with Gasteiger partial charge in [-0.2, -0.15) is 4.31 Å². The molecule has 1 N–H and O–H groups in total. The van der Waals surface area contributed by atoms with E-state index in [0.29, 0.717) is 13.1 Å². The maximum absolute atomic E-state index is 12.6. The Morgan fingerprint density at radius 1 is 0.966 bits per heavy atom. The van der Waals surface area contributed by atoms with Crippen LogP contribution in [0.1, 0.15) is 36.2 Å². The Balaban J connectivity index is 1.53. The van der Waals surface area contributed by atoms with Crippen molar-refractivity contribution in [3.05, 3.63) is 48.2 Å². The van der Waals surface area contributed by atoms with Crippen LogP contribution in [0, 0.1) is 0 Å². The normalized spacial score (nSPS) is 15.9.